The molecule has 0 bridgehead atoms. The van der Waals surface area contributed by atoms with Crippen LogP contribution in [0.15, 0.2) is 54.6 Å². The fourth-order valence-electron chi connectivity index (χ4n) is 3.26. The van der Waals surface area contributed by atoms with E-state index in [0.29, 0.717) is 11.3 Å². The van der Waals surface area contributed by atoms with Gasteiger partial charge in [0.15, 0.2) is 5.69 Å². The lowest BCUT2D eigenvalue weighted by Gasteiger charge is -2.07. The van der Waals surface area contributed by atoms with E-state index < -0.39 is 11.8 Å². The molecular weight excluding hydrogens is 344 g/mol. The quantitative estimate of drug-likeness (QED) is 0.622. The van der Waals surface area contributed by atoms with Crippen LogP contribution < -0.4 is 10.9 Å². The van der Waals surface area contributed by atoms with E-state index in [9.17, 15) is 14.7 Å². The molecule has 3 aromatic rings. The molecule has 2 aromatic carbocycles. The maximum atomic E-state index is 12.6. The number of carbonyl (C=O) groups is 2. The number of nitrogens with zero attached hydrogens (tertiary/aromatic N) is 2. The second-order valence-corrected chi connectivity index (χ2v) is 6.33. The van der Waals surface area contributed by atoms with Crippen LogP contribution >= 0.6 is 0 Å². The highest BCUT2D eigenvalue weighted by Crippen LogP contribution is 2.27. The number of hydrogen-bond donors (Lipinski definition) is 3. The van der Waals surface area contributed by atoms with Crippen LogP contribution in [0.1, 0.15) is 38.5 Å². The second kappa shape index (κ2) is 6.95. The Balaban J connectivity index is 1.52. The van der Waals surface area contributed by atoms with Crippen LogP contribution in [-0.2, 0) is 12.8 Å². The summed E-state index contributed by atoms with van der Waals surface area (Å²) >= 11 is 0. The van der Waals surface area contributed by atoms with Crippen molar-refractivity contribution in [2.24, 2.45) is 0 Å². The summed E-state index contributed by atoms with van der Waals surface area (Å²) in [5.41, 5.74) is 8.34. The van der Waals surface area contributed by atoms with Crippen molar-refractivity contribution >= 4 is 11.8 Å². The molecule has 0 spiro atoms. The van der Waals surface area contributed by atoms with Crippen LogP contribution in [0.4, 0.5) is 0 Å². The standard InChI is InChI=1S/C20H18N4O3/c25-15-11-9-13(10-12-15)19(26)21-22-20(27)18-16-7-4-8-17(16)24(23-18)14-5-2-1-3-6-14/h1-3,5-6,9-12,25H,4,7-8H2,(H,21,26)(H,22,27). The van der Waals surface area contributed by atoms with E-state index in [2.05, 4.69) is 16.0 Å². The van der Waals surface area contributed by atoms with E-state index in [1.54, 1.807) is 4.68 Å². The lowest BCUT2D eigenvalue weighted by Crippen LogP contribution is -2.42. The fourth-order valence-corrected chi connectivity index (χ4v) is 3.26. The summed E-state index contributed by atoms with van der Waals surface area (Å²) in [4.78, 5) is 24.7. The van der Waals surface area contributed by atoms with E-state index in [0.717, 1.165) is 36.2 Å². The number of para-hydroxylation sites is 1. The Bertz CT molecular complexity index is 994. The van der Waals surface area contributed by atoms with Crippen molar-refractivity contribution in [2.75, 3.05) is 0 Å². The number of carbonyl (C=O) groups excluding carboxylic acids is 2. The van der Waals surface area contributed by atoms with Gasteiger partial charge in [-0.1, -0.05) is 18.2 Å². The number of rotatable bonds is 3. The molecule has 0 unspecified atom stereocenters. The lowest BCUT2D eigenvalue weighted by molar-refractivity contribution is 0.0843. The van der Waals surface area contributed by atoms with E-state index in [-0.39, 0.29) is 5.75 Å². The van der Waals surface area contributed by atoms with E-state index in [1.807, 2.05) is 30.3 Å². The first-order valence-electron chi connectivity index (χ1n) is 8.69. The summed E-state index contributed by atoms with van der Waals surface area (Å²) in [6, 6.07) is 15.4. The van der Waals surface area contributed by atoms with Crippen LogP contribution in [-0.4, -0.2) is 26.7 Å². The van der Waals surface area contributed by atoms with Gasteiger partial charge in [-0.3, -0.25) is 20.4 Å². The molecule has 1 heterocycles. The van der Waals surface area contributed by atoms with Gasteiger partial charge in [-0.2, -0.15) is 5.10 Å². The number of amides is 2. The van der Waals surface area contributed by atoms with E-state index >= 15 is 0 Å². The minimum Gasteiger partial charge on any atom is -0.508 e. The number of hydrazine groups is 1. The van der Waals surface area contributed by atoms with E-state index in [4.69, 9.17) is 0 Å². The molecule has 0 atom stereocenters. The largest absolute Gasteiger partial charge is 0.508 e. The van der Waals surface area contributed by atoms with Crippen LogP contribution in [0.2, 0.25) is 0 Å². The third-order valence-electron chi connectivity index (χ3n) is 4.57. The van der Waals surface area contributed by atoms with Gasteiger partial charge in [0.1, 0.15) is 5.75 Å². The molecule has 0 fully saturated rings. The zero-order valence-corrected chi connectivity index (χ0v) is 14.5. The summed E-state index contributed by atoms with van der Waals surface area (Å²) in [7, 11) is 0. The van der Waals surface area contributed by atoms with Gasteiger partial charge in [0.05, 0.1) is 5.69 Å². The van der Waals surface area contributed by atoms with Crippen molar-refractivity contribution in [2.45, 2.75) is 19.3 Å². The molecule has 27 heavy (non-hydrogen) atoms. The highest BCUT2D eigenvalue weighted by molar-refractivity contribution is 5.99. The Morgan fingerprint density at radius 2 is 1.63 bits per heavy atom. The van der Waals surface area contributed by atoms with Crippen LogP contribution in [0.5, 0.6) is 5.75 Å². The maximum absolute atomic E-state index is 12.6. The van der Waals surface area contributed by atoms with Crippen molar-refractivity contribution < 1.29 is 14.7 Å². The van der Waals surface area contributed by atoms with Gasteiger partial charge in [-0.25, -0.2) is 4.68 Å². The molecule has 7 nitrogen and oxygen atoms in total. The summed E-state index contributed by atoms with van der Waals surface area (Å²) in [5, 5.41) is 13.8. The Kier molecular flexibility index (Phi) is 4.33. The number of nitrogens with one attached hydrogen (secondary N) is 2. The zero-order valence-electron chi connectivity index (χ0n) is 14.5. The first-order chi connectivity index (χ1) is 13.1. The average molecular weight is 362 g/mol. The van der Waals surface area contributed by atoms with Gasteiger partial charge in [-0.05, 0) is 55.7 Å². The van der Waals surface area contributed by atoms with Crippen molar-refractivity contribution in [1.82, 2.24) is 20.6 Å². The predicted octanol–water partition coefficient (Wildman–Crippen LogP) is 2.14. The molecule has 0 saturated heterocycles. The first-order valence-corrected chi connectivity index (χ1v) is 8.69. The number of phenols is 1. The second-order valence-electron chi connectivity index (χ2n) is 6.33. The van der Waals surface area contributed by atoms with Crippen LogP contribution in [0.25, 0.3) is 5.69 Å². The molecule has 136 valence electrons. The maximum Gasteiger partial charge on any atom is 0.290 e. The third kappa shape index (κ3) is 3.27. The molecule has 1 aromatic heterocycles. The normalized spacial score (nSPS) is 12.4. The van der Waals surface area contributed by atoms with Gasteiger partial charge in [0, 0.05) is 16.8 Å². The minimum absolute atomic E-state index is 0.0672. The number of benzene rings is 2. The molecule has 1 aliphatic carbocycles. The van der Waals surface area contributed by atoms with Crippen molar-refractivity contribution in [3.05, 3.63) is 77.1 Å². The average Bonchev–Trinajstić information content (AvgIpc) is 3.30. The lowest BCUT2D eigenvalue weighted by atomic mass is 10.2. The van der Waals surface area contributed by atoms with Crippen molar-refractivity contribution in [3.8, 4) is 11.4 Å². The highest BCUT2D eigenvalue weighted by atomic mass is 16.3. The summed E-state index contributed by atoms with van der Waals surface area (Å²) in [5.74, 6) is -0.852. The molecule has 3 N–H and O–H groups in total. The zero-order chi connectivity index (χ0) is 18.8. The number of aromatic nitrogens is 2. The Morgan fingerprint density at radius 1 is 0.926 bits per heavy atom. The SMILES string of the molecule is O=C(NNC(=O)c1nn(-c2ccccc2)c2c1CCC2)c1ccc(O)cc1. The van der Waals surface area contributed by atoms with Crippen LogP contribution in [0, 0.1) is 0 Å². The fraction of sp³-hybridized carbons (Fsp3) is 0.150. The summed E-state index contributed by atoms with van der Waals surface area (Å²) in [6.07, 6.45) is 2.63. The highest BCUT2D eigenvalue weighted by Gasteiger charge is 2.27. The number of hydrogen-bond acceptors (Lipinski definition) is 4. The van der Waals surface area contributed by atoms with Gasteiger partial charge < -0.3 is 5.11 Å². The van der Waals surface area contributed by atoms with Crippen molar-refractivity contribution in [1.29, 1.82) is 0 Å². The van der Waals surface area contributed by atoms with Crippen molar-refractivity contribution in [3.63, 3.8) is 0 Å². The molecule has 0 saturated carbocycles. The van der Waals surface area contributed by atoms with Gasteiger partial charge in [-0.15, -0.1) is 0 Å². The third-order valence-corrected chi connectivity index (χ3v) is 4.57. The van der Waals surface area contributed by atoms with E-state index in [1.165, 1.54) is 24.3 Å². The summed E-state index contributed by atoms with van der Waals surface area (Å²) < 4.78 is 1.80. The van der Waals surface area contributed by atoms with Gasteiger partial charge in [0.25, 0.3) is 11.8 Å². The monoisotopic (exact) mass is 362 g/mol. The first kappa shape index (κ1) is 16.8. The molecule has 4 rings (SSSR count). The number of phenolic OH excluding ortho intramolecular Hbond substituents is 1. The number of aromatic hydroxyl groups is 1. The molecule has 2 amide bonds. The number of fused-ring (bicyclic) bond motifs is 1. The van der Waals surface area contributed by atoms with Crippen LogP contribution in [0.3, 0.4) is 0 Å². The van der Waals surface area contributed by atoms with Gasteiger partial charge in [0.2, 0.25) is 0 Å². The molecule has 1 aliphatic rings. The topological polar surface area (TPSA) is 96.3 Å². The smallest absolute Gasteiger partial charge is 0.290 e. The molecule has 0 aliphatic heterocycles. The Hall–Kier alpha value is -3.61. The predicted molar refractivity (Wildman–Crippen MR) is 98.6 cm³/mol. The molecular formula is C20H18N4O3. The molecule has 0 radical (unpaired) electrons. The molecule has 7 heteroatoms. The minimum atomic E-state index is -0.470. The van der Waals surface area contributed by atoms with Gasteiger partial charge >= 0.3 is 0 Å². The Labute approximate surface area is 155 Å². The summed E-state index contributed by atoms with van der Waals surface area (Å²) in [6.45, 7) is 0. The Morgan fingerprint density at radius 3 is 2.37 bits per heavy atom.